The van der Waals surface area contributed by atoms with Crippen LogP contribution in [0.1, 0.15) is 16.7 Å². The Kier molecular flexibility index (Phi) is 6.68. The van der Waals surface area contributed by atoms with Crippen LogP contribution in [-0.4, -0.2) is 53.3 Å². The molecule has 180 valence electrons. The van der Waals surface area contributed by atoms with E-state index in [-0.39, 0.29) is 5.91 Å². The van der Waals surface area contributed by atoms with E-state index in [1.807, 2.05) is 58.2 Å². The van der Waals surface area contributed by atoms with Crippen LogP contribution in [0.15, 0.2) is 77.5 Å². The molecule has 1 saturated heterocycles. The van der Waals surface area contributed by atoms with Crippen molar-refractivity contribution in [2.75, 3.05) is 37.6 Å². The molecule has 1 N–H and O–H groups in total. The summed E-state index contributed by atoms with van der Waals surface area (Å²) in [6.07, 6.45) is 3.64. The summed E-state index contributed by atoms with van der Waals surface area (Å²) in [5.74, 6) is 0.848. The monoisotopic (exact) mass is 469 g/mol. The predicted molar refractivity (Wildman–Crippen MR) is 138 cm³/mol. The molecule has 0 radical (unpaired) electrons. The minimum atomic E-state index is 0.135. The van der Waals surface area contributed by atoms with Crippen LogP contribution in [0, 0.1) is 13.8 Å². The maximum absolute atomic E-state index is 12.7. The SMILES string of the molecule is Cc1cccc(N2CCN(C(=O)CNCc3coc(-c4ccn(-c5ccccc5)n4)c3)CC2)c1C. The van der Waals surface area contributed by atoms with Gasteiger partial charge in [-0.15, -0.1) is 0 Å². The molecule has 1 fully saturated rings. The molecule has 1 aliphatic rings. The average Bonchev–Trinajstić information content (AvgIpc) is 3.56. The second kappa shape index (κ2) is 10.2. The van der Waals surface area contributed by atoms with Gasteiger partial charge in [0.25, 0.3) is 0 Å². The van der Waals surface area contributed by atoms with Gasteiger partial charge in [0.1, 0.15) is 5.69 Å². The summed E-state index contributed by atoms with van der Waals surface area (Å²) >= 11 is 0. The van der Waals surface area contributed by atoms with Crippen LogP contribution >= 0.6 is 0 Å². The number of hydrogen-bond donors (Lipinski definition) is 1. The third-order valence-electron chi connectivity index (χ3n) is 6.67. The summed E-state index contributed by atoms with van der Waals surface area (Å²) in [7, 11) is 0. The molecule has 2 aromatic heterocycles. The molecule has 0 atom stereocenters. The van der Waals surface area contributed by atoms with E-state index in [4.69, 9.17) is 4.42 Å². The summed E-state index contributed by atoms with van der Waals surface area (Å²) in [4.78, 5) is 17.1. The highest BCUT2D eigenvalue weighted by molar-refractivity contribution is 5.78. The first-order valence-electron chi connectivity index (χ1n) is 12.1. The molecule has 4 aromatic rings. The van der Waals surface area contributed by atoms with Crippen molar-refractivity contribution >= 4 is 11.6 Å². The zero-order valence-corrected chi connectivity index (χ0v) is 20.3. The summed E-state index contributed by atoms with van der Waals surface area (Å²) in [6, 6.07) is 20.3. The maximum Gasteiger partial charge on any atom is 0.236 e. The lowest BCUT2D eigenvalue weighted by atomic mass is 10.1. The number of aryl methyl sites for hydroxylation is 1. The quantitative estimate of drug-likeness (QED) is 0.440. The minimum Gasteiger partial charge on any atom is -0.462 e. The average molecular weight is 470 g/mol. The lowest BCUT2D eigenvalue weighted by Crippen LogP contribution is -2.51. The summed E-state index contributed by atoms with van der Waals surface area (Å²) in [6.45, 7) is 8.39. The largest absolute Gasteiger partial charge is 0.462 e. The lowest BCUT2D eigenvalue weighted by Gasteiger charge is -2.37. The number of nitrogens with zero attached hydrogens (tertiary/aromatic N) is 4. The Morgan fingerprint density at radius 2 is 1.80 bits per heavy atom. The Hall–Kier alpha value is -3.84. The van der Waals surface area contributed by atoms with E-state index in [1.54, 1.807) is 6.26 Å². The van der Waals surface area contributed by atoms with Gasteiger partial charge >= 0.3 is 0 Å². The number of benzene rings is 2. The topological polar surface area (TPSA) is 66.5 Å². The number of hydrogen-bond acceptors (Lipinski definition) is 5. The van der Waals surface area contributed by atoms with E-state index in [0.717, 1.165) is 43.1 Å². The van der Waals surface area contributed by atoms with Gasteiger partial charge in [0.15, 0.2) is 5.76 Å². The Bertz CT molecular complexity index is 1290. The first-order chi connectivity index (χ1) is 17.1. The highest BCUT2D eigenvalue weighted by atomic mass is 16.3. The first kappa shape index (κ1) is 22.9. The molecular weight excluding hydrogens is 438 g/mol. The highest BCUT2D eigenvalue weighted by Crippen LogP contribution is 2.24. The molecule has 0 saturated carbocycles. The van der Waals surface area contributed by atoms with E-state index < -0.39 is 0 Å². The van der Waals surface area contributed by atoms with Crippen molar-refractivity contribution in [3.8, 4) is 17.1 Å². The summed E-state index contributed by atoms with van der Waals surface area (Å²) < 4.78 is 7.56. The normalized spacial score (nSPS) is 13.9. The van der Waals surface area contributed by atoms with Crippen molar-refractivity contribution in [3.05, 3.63) is 89.8 Å². The van der Waals surface area contributed by atoms with Gasteiger partial charge in [-0.3, -0.25) is 4.79 Å². The lowest BCUT2D eigenvalue weighted by molar-refractivity contribution is -0.130. The van der Waals surface area contributed by atoms with Gasteiger partial charge in [0, 0.05) is 50.2 Å². The smallest absolute Gasteiger partial charge is 0.236 e. The zero-order valence-electron chi connectivity index (χ0n) is 20.3. The third-order valence-corrected chi connectivity index (χ3v) is 6.67. The van der Waals surface area contributed by atoms with Gasteiger partial charge < -0.3 is 19.5 Å². The molecule has 3 heterocycles. The highest BCUT2D eigenvalue weighted by Gasteiger charge is 2.22. The third kappa shape index (κ3) is 5.15. The number of anilines is 1. The Labute approximate surface area is 206 Å². The molecule has 5 rings (SSSR count). The molecule has 1 aliphatic heterocycles. The molecule has 35 heavy (non-hydrogen) atoms. The van der Waals surface area contributed by atoms with E-state index >= 15 is 0 Å². The van der Waals surface area contributed by atoms with Gasteiger partial charge in [0.2, 0.25) is 5.91 Å². The Morgan fingerprint density at radius 1 is 1.00 bits per heavy atom. The predicted octanol–water partition coefficient (Wildman–Crippen LogP) is 4.19. The van der Waals surface area contributed by atoms with E-state index in [0.29, 0.717) is 18.8 Å². The van der Waals surface area contributed by atoms with Crippen LogP contribution in [0.5, 0.6) is 0 Å². The number of para-hydroxylation sites is 1. The first-order valence-corrected chi connectivity index (χ1v) is 12.1. The fourth-order valence-electron chi connectivity index (χ4n) is 4.48. The maximum atomic E-state index is 12.7. The van der Waals surface area contributed by atoms with Crippen molar-refractivity contribution in [2.45, 2.75) is 20.4 Å². The van der Waals surface area contributed by atoms with Crippen molar-refractivity contribution in [1.29, 1.82) is 0 Å². The van der Waals surface area contributed by atoms with Crippen LogP contribution in [0.4, 0.5) is 5.69 Å². The van der Waals surface area contributed by atoms with Gasteiger partial charge in [-0.25, -0.2) is 4.68 Å². The van der Waals surface area contributed by atoms with Crippen molar-refractivity contribution in [1.82, 2.24) is 20.0 Å². The van der Waals surface area contributed by atoms with Crippen LogP contribution in [0.2, 0.25) is 0 Å². The number of carbonyl (C=O) groups is 1. The number of rotatable bonds is 7. The Balaban J connectivity index is 1.10. The number of amides is 1. The fraction of sp³-hybridized carbons (Fsp3) is 0.286. The second-order valence-corrected chi connectivity index (χ2v) is 8.99. The van der Waals surface area contributed by atoms with Gasteiger partial charge in [-0.05, 0) is 55.3 Å². The van der Waals surface area contributed by atoms with E-state index in [9.17, 15) is 4.79 Å². The van der Waals surface area contributed by atoms with Crippen molar-refractivity contribution < 1.29 is 9.21 Å². The Morgan fingerprint density at radius 3 is 2.60 bits per heavy atom. The van der Waals surface area contributed by atoms with Crippen LogP contribution in [0.25, 0.3) is 17.1 Å². The fourth-order valence-corrected chi connectivity index (χ4v) is 4.48. The standard InChI is InChI=1S/C28H31N5O2/c1-21-7-6-10-26(22(21)2)31-13-15-32(16-14-31)28(34)19-29-18-23-17-27(35-20-23)25-11-12-33(30-25)24-8-4-3-5-9-24/h3-12,17,20,29H,13-16,18-19H2,1-2H3. The van der Waals surface area contributed by atoms with Crippen LogP contribution in [-0.2, 0) is 11.3 Å². The molecule has 0 bridgehead atoms. The van der Waals surface area contributed by atoms with Crippen molar-refractivity contribution in [2.24, 2.45) is 0 Å². The number of piperazine rings is 1. The molecule has 0 aliphatic carbocycles. The van der Waals surface area contributed by atoms with Crippen LogP contribution in [0.3, 0.4) is 0 Å². The van der Waals surface area contributed by atoms with E-state index in [1.165, 1.54) is 16.8 Å². The van der Waals surface area contributed by atoms with Gasteiger partial charge in [-0.2, -0.15) is 5.10 Å². The molecule has 0 spiro atoms. The minimum absolute atomic E-state index is 0.135. The number of nitrogens with one attached hydrogen (secondary N) is 1. The summed E-state index contributed by atoms with van der Waals surface area (Å²) in [5, 5.41) is 7.87. The van der Waals surface area contributed by atoms with Gasteiger partial charge in [0.05, 0.1) is 18.5 Å². The number of furan rings is 1. The zero-order chi connectivity index (χ0) is 24.2. The molecule has 1 amide bonds. The molecule has 7 nitrogen and oxygen atoms in total. The van der Waals surface area contributed by atoms with E-state index in [2.05, 4.69) is 47.4 Å². The molecule has 0 unspecified atom stereocenters. The number of carbonyl (C=O) groups excluding carboxylic acids is 1. The van der Waals surface area contributed by atoms with Crippen LogP contribution < -0.4 is 10.2 Å². The van der Waals surface area contributed by atoms with Gasteiger partial charge in [-0.1, -0.05) is 30.3 Å². The van der Waals surface area contributed by atoms with Crippen molar-refractivity contribution in [3.63, 3.8) is 0 Å². The summed E-state index contributed by atoms with van der Waals surface area (Å²) in [5.41, 5.74) is 6.66. The molecular formula is C28H31N5O2. The molecule has 2 aromatic carbocycles. The number of aromatic nitrogens is 2. The second-order valence-electron chi connectivity index (χ2n) is 8.99. The molecule has 7 heteroatoms.